The van der Waals surface area contributed by atoms with E-state index in [1.54, 1.807) is 30.3 Å². The van der Waals surface area contributed by atoms with Gasteiger partial charge in [-0.05, 0) is 62.2 Å². The number of anilines is 1. The highest BCUT2D eigenvalue weighted by Gasteiger charge is 2.31. The third kappa shape index (κ3) is 4.69. The number of ether oxygens (including phenoxy) is 3. The number of hydrogen-bond acceptors (Lipinski definition) is 6. The second-order valence-electron chi connectivity index (χ2n) is 8.40. The van der Waals surface area contributed by atoms with Gasteiger partial charge in [0.1, 0.15) is 0 Å². The first-order valence-corrected chi connectivity index (χ1v) is 10.7. The van der Waals surface area contributed by atoms with Crippen LogP contribution < -0.4 is 14.8 Å². The summed E-state index contributed by atoms with van der Waals surface area (Å²) in [6.45, 7) is 7.55. The smallest absolute Gasteiger partial charge is 0.305 e. The zero-order valence-corrected chi connectivity index (χ0v) is 19.4. The molecule has 8 heteroatoms. The van der Waals surface area contributed by atoms with Crippen molar-refractivity contribution in [3.8, 4) is 17.2 Å². The molecule has 172 valence electrons. The van der Waals surface area contributed by atoms with E-state index in [2.05, 4.69) is 10.4 Å². The Labute approximate surface area is 192 Å². The van der Waals surface area contributed by atoms with Crippen LogP contribution >= 0.6 is 0 Å². The molecule has 0 spiro atoms. The number of carbonyl (C=O) groups is 2. The summed E-state index contributed by atoms with van der Waals surface area (Å²) in [7, 11) is 1.39. The van der Waals surface area contributed by atoms with Gasteiger partial charge < -0.3 is 19.5 Å². The zero-order valence-electron chi connectivity index (χ0n) is 19.4. The first kappa shape index (κ1) is 22.4. The lowest BCUT2D eigenvalue weighted by Crippen LogP contribution is -2.29. The maximum atomic E-state index is 12.7. The summed E-state index contributed by atoms with van der Waals surface area (Å²) in [6, 6.07) is 12.5. The largest absolute Gasteiger partial charge is 0.469 e. The summed E-state index contributed by atoms with van der Waals surface area (Å²) >= 11 is 0. The average molecular weight is 450 g/mol. The number of fused-ring (bicyclic) bond motifs is 1. The Hall–Kier alpha value is -3.81. The standard InChI is InChI=1S/C25H27N3O5/c1-15-20(11-13-23(29)31-5)16(2)28(27-15)19-9-6-17(7-10-19)24(30)26-18-8-12-21-22(14-18)33-25(3,4)32-21/h6-10,12,14H,11,13H2,1-5H3,(H,26,30). The third-order valence-corrected chi connectivity index (χ3v) is 5.54. The summed E-state index contributed by atoms with van der Waals surface area (Å²) < 4.78 is 18.0. The fourth-order valence-electron chi connectivity index (χ4n) is 3.87. The molecule has 33 heavy (non-hydrogen) atoms. The Bertz CT molecular complexity index is 1210. The lowest BCUT2D eigenvalue weighted by molar-refractivity contribution is -0.140. The van der Waals surface area contributed by atoms with E-state index in [1.807, 2.05) is 44.5 Å². The molecule has 8 nitrogen and oxygen atoms in total. The lowest BCUT2D eigenvalue weighted by atomic mass is 10.1. The van der Waals surface area contributed by atoms with Crippen molar-refractivity contribution in [2.24, 2.45) is 0 Å². The fourth-order valence-corrected chi connectivity index (χ4v) is 3.87. The van der Waals surface area contributed by atoms with Crippen LogP contribution in [0.3, 0.4) is 0 Å². The van der Waals surface area contributed by atoms with Gasteiger partial charge in [-0.2, -0.15) is 5.10 Å². The average Bonchev–Trinajstić information content (AvgIpc) is 3.25. The maximum absolute atomic E-state index is 12.7. The molecule has 1 aliphatic rings. The van der Waals surface area contributed by atoms with Crippen LogP contribution in [0.25, 0.3) is 5.69 Å². The van der Waals surface area contributed by atoms with E-state index in [4.69, 9.17) is 14.2 Å². The minimum absolute atomic E-state index is 0.230. The second-order valence-corrected chi connectivity index (χ2v) is 8.40. The number of carbonyl (C=O) groups excluding carboxylic acids is 2. The van der Waals surface area contributed by atoms with E-state index in [0.29, 0.717) is 35.6 Å². The molecule has 0 aliphatic carbocycles. The predicted molar refractivity (Wildman–Crippen MR) is 123 cm³/mol. The Morgan fingerprint density at radius 1 is 1.06 bits per heavy atom. The van der Waals surface area contributed by atoms with Crippen LogP contribution in [0.2, 0.25) is 0 Å². The molecule has 1 N–H and O–H groups in total. The summed E-state index contributed by atoms with van der Waals surface area (Å²) in [5.74, 6) is 0.0527. The molecule has 0 fully saturated rings. The summed E-state index contributed by atoms with van der Waals surface area (Å²) in [4.78, 5) is 24.2. The molecule has 3 aromatic rings. The van der Waals surface area contributed by atoms with Crippen molar-refractivity contribution in [2.45, 2.75) is 46.3 Å². The number of nitrogens with zero attached hydrogens (tertiary/aromatic N) is 2. The number of nitrogens with one attached hydrogen (secondary N) is 1. The molecule has 1 aromatic heterocycles. The van der Waals surface area contributed by atoms with E-state index in [0.717, 1.165) is 22.6 Å². The predicted octanol–water partition coefficient (Wildman–Crippen LogP) is 4.35. The molecular weight excluding hydrogens is 422 g/mol. The van der Waals surface area contributed by atoms with Gasteiger partial charge in [-0.25, -0.2) is 4.68 Å². The van der Waals surface area contributed by atoms with Crippen LogP contribution in [0.1, 0.15) is 47.6 Å². The van der Waals surface area contributed by atoms with Gasteiger partial charge in [0.25, 0.3) is 5.91 Å². The first-order chi connectivity index (χ1) is 15.7. The van der Waals surface area contributed by atoms with Crippen molar-refractivity contribution in [2.75, 3.05) is 12.4 Å². The SMILES string of the molecule is COC(=O)CCc1c(C)nn(-c2ccc(C(=O)Nc3ccc4c(c3)OC(C)(C)O4)cc2)c1C. The molecular formula is C25H27N3O5. The van der Waals surface area contributed by atoms with E-state index in [1.165, 1.54) is 7.11 Å². The minimum Gasteiger partial charge on any atom is -0.469 e. The van der Waals surface area contributed by atoms with Crippen molar-refractivity contribution < 1.29 is 23.8 Å². The number of aromatic nitrogens is 2. The Kier molecular flexibility index (Phi) is 5.84. The fraction of sp³-hybridized carbons (Fsp3) is 0.320. The Balaban J connectivity index is 1.47. The van der Waals surface area contributed by atoms with E-state index in [-0.39, 0.29) is 11.9 Å². The number of benzene rings is 2. The molecule has 1 amide bonds. The van der Waals surface area contributed by atoms with Crippen LogP contribution in [0.15, 0.2) is 42.5 Å². The maximum Gasteiger partial charge on any atom is 0.305 e. The normalized spacial score (nSPS) is 13.6. The topological polar surface area (TPSA) is 91.7 Å². The molecule has 4 rings (SSSR count). The van der Waals surface area contributed by atoms with E-state index in [9.17, 15) is 9.59 Å². The van der Waals surface area contributed by atoms with Crippen LogP contribution in [0, 0.1) is 13.8 Å². The van der Waals surface area contributed by atoms with Crippen LogP contribution in [0.5, 0.6) is 11.5 Å². The molecule has 0 atom stereocenters. The zero-order chi connectivity index (χ0) is 23.8. The molecule has 2 aromatic carbocycles. The molecule has 2 heterocycles. The van der Waals surface area contributed by atoms with Crippen LogP contribution in [0.4, 0.5) is 5.69 Å². The first-order valence-electron chi connectivity index (χ1n) is 10.7. The molecule has 0 saturated carbocycles. The summed E-state index contributed by atoms with van der Waals surface area (Å²) in [5.41, 5.74) is 4.82. The highest BCUT2D eigenvalue weighted by Crippen LogP contribution is 2.40. The number of methoxy groups -OCH3 is 1. The van der Waals surface area contributed by atoms with Crippen molar-refractivity contribution in [1.29, 1.82) is 0 Å². The van der Waals surface area contributed by atoms with Gasteiger partial charge in [-0.1, -0.05) is 0 Å². The van der Waals surface area contributed by atoms with Gasteiger partial charge in [0.15, 0.2) is 11.5 Å². The van der Waals surface area contributed by atoms with Crippen molar-refractivity contribution in [3.63, 3.8) is 0 Å². The third-order valence-electron chi connectivity index (χ3n) is 5.54. The van der Waals surface area contributed by atoms with Gasteiger partial charge in [-0.3, -0.25) is 9.59 Å². The lowest BCUT2D eigenvalue weighted by Gasteiger charge is -2.16. The molecule has 1 aliphatic heterocycles. The Morgan fingerprint density at radius 2 is 1.76 bits per heavy atom. The number of aryl methyl sites for hydroxylation is 1. The van der Waals surface area contributed by atoms with Crippen LogP contribution in [-0.2, 0) is 16.0 Å². The van der Waals surface area contributed by atoms with Crippen molar-refractivity contribution >= 4 is 17.6 Å². The van der Waals surface area contributed by atoms with Gasteiger partial charge >= 0.3 is 5.97 Å². The molecule has 0 unspecified atom stereocenters. The van der Waals surface area contributed by atoms with Gasteiger partial charge in [-0.15, -0.1) is 0 Å². The van der Waals surface area contributed by atoms with E-state index < -0.39 is 5.79 Å². The quantitative estimate of drug-likeness (QED) is 0.563. The second kappa shape index (κ2) is 8.61. The molecule has 0 saturated heterocycles. The van der Waals surface area contributed by atoms with E-state index >= 15 is 0 Å². The molecule has 0 radical (unpaired) electrons. The van der Waals surface area contributed by atoms with Gasteiger partial charge in [0.2, 0.25) is 5.79 Å². The number of esters is 1. The number of hydrogen-bond donors (Lipinski definition) is 1. The number of rotatable bonds is 6. The summed E-state index contributed by atoms with van der Waals surface area (Å²) in [6.07, 6.45) is 0.873. The molecule has 0 bridgehead atoms. The number of amides is 1. The highest BCUT2D eigenvalue weighted by molar-refractivity contribution is 6.04. The summed E-state index contributed by atoms with van der Waals surface area (Å²) in [5, 5.41) is 7.50. The highest BCUT2D eigenvalue weighted by atomic mass is 16.7. The van der Waals surface area contributed by atoms with Gasteiger partial charge in [0, 0.05) is 43.3 Å². The minimum atomic E-state index is -0.719. The van der Waals surface area contributed by atoms with Crippen molar-refractivity contribution in [3.05, 3.63) is 65.0 Å². The van der Waals surface area contributed by atoms with Crippen molar-refractivity contribution in [1.82, 2.24) is 9.78 Å². The monoisotopic (exact) mass is 449 g/mol. The van der Waals surface area contributed by atoms with Crippen LogP contribution in [-0.4, -0.2) is 34.6 Å². The van der Waals surface area contributed by atoms with Gasteiger partial charge in [0.05, 0.1) is 18.5 Å². The Morgan fingerprint density at radius 3 is 2.45 bits per heavy atom.